The van der Waals surface area contributed by atoms with Crippen LogP contribution in [-0.2, 0) is 23.1 Å². The van der Waals surface area contributed by atoms with Crippen LogP contribution in [0.2, 0.25) is 0 Å². The molecular formula is C19H24N7O11P. The fourth-order valence-corrected chi connectivity index (χ4v) is 5.25. The number of aliphatic hydroxyl groups is 2. The maximum absolute atomic E-state index is 12.7. The van der Waals surface area contributed by atoms with E-state index in [4.69, 9.17) is 18.5 Å². The van der Waals surface area contributed by atoms with Crippen molar-refractivity contribution >= 4 is 19.0 Å². The number of aliphatic hydroxyl groups excluding tert-OH is 2. The summed E-state index contributed by atoms with van der Waals surface area (Å²) in [7, 11) is -4.75. The number of rotatable bonds is 8. The number of phosphoric ester groups is 1. The molecule has 3 aromatic heterocycles. The smallest absolute Gasteiger partial charge is 0.472 e. The maximum atomic E-state index is 12.7. The van der Waals surface area contributed by atoms with Gasteiger partial charge in [0.25, 0.3) is 11.6 Å². The van der Waals surface area contributed by atoms with Gasteiger partial charge in [-0.3, -0.25) is 28.0 Å². The van der Waals surface area contributed by atoms with E-state index in [0.717, 1.165) is 4.57 Å². The summed E-state index contributed by atoms with van der Waals surface area (Å²) in [6, 6.07) is -0.625. The van der Waals surface area contributed by atoms with Crippen LogP contribution in [0.4, 0.5) is 0 Å². The number of fused-ring (bicyclic) bond motifs is 1. The number of hydrogen-bond acceptors (Lipinski definition) is 14. The number of aromatic hydroxyl groups is 1. The molecule has 5 rings (SSSR count). The molecular weight excluding hydrogens is 533 g/mol. The van der Waals surface area contributed by atoms with E-state index >= 15 is 0 Å². The second-order valence-electron chi connectivity index (χ2n) is 8.69. The number of aryl methyl sites for hydroxylation is 1. The molecule has 0 saturated carbocycles. The minimum absolute atomic E-state index is 0.00339. The van der Waals surface area contributed by atoms with E-state index in [2.05, 4.69) is 24.9 Å². The minimum atomic E-state index is -4.75. The summed E-state index contributed by atoms with van der Waals surface area (Å²) < 4.78 is 36.6. The van der Waals surface area contributed by atoms with Crippen LogP contribution in [0, 0.1) is 6.92 Å². The van der Waals surface area contributed by atoms with Crippen molar-refractivity contribution in [3.63, 3.8) is 0 Å². The van der Waals surface area contributed by atoms with Crippen LogP contribution in [0.1, 0.15) is 31.1 Å². The third-order valence-corrected chi connectivity index (χ3v) is 7.14. The molecule has 3 aromatic rings. The molecule has 3 unspecified atom stereocenters. The van der Waals surface area contributed by atoms with Crippen LogP contribution in [0.15, 0.2) is 22.2 Å². The Hall–Kier alpha value is -3.09. The van der Waals surface area contributed by atoms with Crippen LogP contribution in [0.5, 0.6) is 6.01 Å². The van der Waals surface area contributed by atoms with Gasteiger partial charge in [0.2, 0.25) is 0 Å². The first-order valence-corrected chi connectivity index (χ1v) is 12.9. The quantitative estimate of drug-likeness (QED) is 0.192. The summed E-state index contributed by atoms with van der Waals surface area (Å²) in [5.41, 5.74) is -1.35. The van der Waals surface area contributed by atoms with E-state index in [1.54, 1.807) is 0 Å². The van der Waals surface area contributed by atoms with Crippen molar-refractivity contribution in [2.24, 2.45) is 0 Å². The van der Waals surface area contributed by atoms with Crippen LogP contribution < -0.4 is 11.2 Å². The van der Waals surface area contributed by atoms with E-state index in [9.17, 15) is 34.4 Å². The number of H-pyrrole nitrogens is 1. The molecule has 0 spiro atoms. The number of aromatic amines is 1. The Kier molecular flexibility index (Phi) is 7.14. The molecule has 2 aliphatic rings. The lowest BCUT2D eigenvalue weighted by Crippen LogP contribution is -2.29. The largest absolute Gasteiger partial charge is 0.480 e. The zero-order valence-electron chi connectivity index (χ0n) is 19.7. The number of phosphoric acid groups is 1. The van der Waals surface area contributed by atoms with Crippen molar-refractivity contribution in [3.8, 4) is 6.01 Å². The Labute approximate surface area is 212 Å². The molecule has 206 valence electrons. The molecule has 0 radical (unpaired) electrons. The predicted molar refractivity (Wildman–Crippen MR) is 122 cm³/mol. The van der Waals surface area contributed by atoms with Gasteiger partial charge in [-0.25, -0.2) is 19.3 Å². The molecule has 19 heteroatoms. The molecule has 38 heavy (non-hydrogen) atoms. The number of ether oxygens (including phenoxy) is 2. The number of imidazole rings is 1. The molecule has 5 N–H and O–H groups in total. The first-order chi connectivity index (χ1) is 18.0. The highest BCUT2D eigenvalue weighted by Crippen LogP contribution is 2.49. The van der Waals surface area contributed by atoms with Crippen molar-refractivity contribution in [1.29, 1.82) is 0 Å². The van der Waals surface area contributed by atoms with Crippen LogP contribution >= 0.6 is 7.82 Å². The molecule has 0 bridgehead atoms. The van der Waals surface area contributed by atoms with E-state index in [1.165, 1.54) is 24.1 Å². The summed E-state index contributed by atoms with van der Waals surface area (Å²) in [4.78, 5) is 51.9. The number of nitrogens with one attached hydrogen (secondary N) is 1. The summed E-state index contributed by atoms with van der Waals surface area (Å²) in [5, 5.41) is 29.7. The average Bonchev–Trinajstić information content (AvgIpc) is 3.54. The van der Waals surface area contributed by atoms with Gasteiger partial charge in [-0.1, -0.05) is 0 Å². The summed E-state index contributed by atoms with van der Waals surface area (Å²) in [6.07, 6.45) is -3.79. The SMILES string of the molecule is Cc1ncn([C@H]2C[C@@H](OP(=O)(O)OCC3O[C@@H](n4cnc5c(=O)[nH]c(O)nc54)C[C@H]3O)C(CO)O2)c(=O)n1. The second kappa shape index (κ2) is 10.2. The maximum Gasteiger partial charge on any atom is 0.472 e. The van der Waals surface area contributed by atoms with Crippen molar-refractivity contribution in [1.82, 2.24) is 34.1 Å². The topological polar surface area (TPSA) is 246 Å². The molecule has 2 fully saturated rings. The van der Waals surface area contributed by atoms with Gasteiger partial charge in [0.1, 0.15) is 42.9 Å². The van der Waals surface area contributed by atoms with Crippen molar-refractivity contribution < 1.29 is 43.3 Å². The van der Waals surface area contributed by atoms with Gasteiger partial charge in [0.15, 0.2) is 11.2 Å². The van der Waals surface area contributed by atoms with Gasteiger partial charge in [-0.2, -0.15) is 9.97 Å². The molecule has 2 aliphatic heterocycles. The highest BCUT2D eigenvalue weighted by Gasteiger charge is 2.43. The van der Waals surface area contributed by atoms with Crippen LogP contribution in [0.25, 0.3) is 11.2 Å². The van der Waals surface area contributed by atoms with E-state index in [0.29, 0.717) is 0 Å². The summed E-state index contributed by atoms with van der Waals surface area (Å²) in [6.45, 7) is 0.417. The fraction of sp³-hybridized carbons (Fsp3) is 0.579. The Morgan fingerprint density at radius 2 is 1.84 bits per heavy atom. The van der Waals surface area contributed by atoms with Gasteiger partial charge in [-0.15, -0.1) is 0 Å². The first kappa shape index (κ1) is 26.5. The number of hydrogen-bond donors (Lipinski definition) is 5. The van der Waals surface area contributed by atoms with E-state index in [-0.39, 0.29) is 29.8 Å². The Balaban J connectivity index is 1.22. The lowest BCUT2D eigenvalue weighted by Gasteiger charge is -2.21. The fourth-order valence-electron chi connectivity index (χ4n) is 4.29. The molecule has 2 saturated heterocycles. The monoisotopic (exact) mass is 557 g/mol. The molecule has 0 aliphatic carbocycles. The predicted octanol–water partition coefficient (Wildman–Crippen LogP) is -1.78. The highest BCUT2D eigenvalue weighted by atomic mass is 31.2. The lowest BCUT2D eigenvalue weighted by atomic mass is 10.2. The second-order valence-corrected chi connectivity index (χ2v) is 10.1. The van der Waals surface area contributed by atoms with Gasteiger partial charge < -0.3 is 29.7 Å². The van der Waals surface area contributed by atoms with Gasteiger partial charge in [-0.05, 0) is 6.92 Å². The highest BCUT2D eigenvalue weighted by molar-refractivity contribution is 7.47. The van der Waals surface area contributed by atoms with Crippen molar-refractivity contribution in [3.05, 3.63) is 39.3 Å². The van der Waals surface area contributed by atoms with E-state index < -0.39 is 75.2 Å². The third-order valence-electron chi connectivity index (χ3n) is 6.12. The van der Waals surface area contributed by atoms with Gasteiger partial charge in [0.05, 0.1) is 25.6 Å². The minimum Gasteiger partial charge on any atom is -0.480 e. The molecule has 0 aromatic carbocycles. The normalized spacial score (nSPS) is 29.2. The number of nitrogens with zero attached hydrogens (tertiary/aromatic N) is 6. The van der Waals surface area contributed by atoms with Crippen LogP contribution in [0.3, 0.4) is 0 Å². The van der Waals surface area contributed by atoms with Gasteiger partial charge >= 0.3 is 13.5 Å². The summed E-state index contributed by atoms with van der Waals surface area (Å²) in [5.74, 6) is 0.256. The van der Waals surface area contributed by atoms with Gasteiger partial charge in [0, 0.05) is 12.8 Å². The molecule has 0 amide bonds. The Morgan fingerprint density at radius 3 is 2.58 bits per heavy atom. The molecule has 18 nitrogen and oxygen atoms in total. The summed E-state index contributed by atoms with van der Waals surface area (Å²) >= 11 is 0. The molecule has 7 atom stereocenters. The zero-order valence-corrected chi connectivity index (χ0v) is 20.6. The Bertz CT molecular complexity index is 1490. The molecule has 5 heterocycles. The van der Waals surface area contributed by atoms with Crippen LogP contribution in [-0.4, -0.2) is 91.9 Å². The van der Waals surface area contributed by atoms with Crippen molar-refractivity contribution in [2.75, 3.05) is 13.2 Å². The van der Waals surface area contributed by atoms with Crippen molar-refractivity contribution in [2.45, 2.75) is 56.6 Å². The standard InChI is InChI=1S/C19H24N7O11P/c1-8-20-6-26(19(31)22-8)14-3-10(11(4-27)35-14)37-38(32,33)34-5-12-9(28)2-13(36-12)25-7-21-15-16(25)23-18(30)24-17(15)29/h6-7,9-14,27-28H,2-5H2,1H3,(H,32,33)(H2,23,24,29,30)/t9-,10-,11?,12?,13-,14-/m1/s1. The lowest BCUT2D eigenvalue weighted by molar-refractivity contribution is -0.0566. The number of aromatic nitrogens is 7. The zero-order chi connectivity index (χ0) is 27.2. The Morgan fingerprint density at radius 1 is 1.13 bits per heavy atom. The van der Waals surface area contributed by atoms with E-state index in [1.807, 2.05) is 0 Å². The average molecular weight is 557 g/mol. The third kappa shape index (κ3) is 5.25. The first-order valence-electron chi connectivity index (χ1n) is 11.4.